The first-order chi connectivity index (χ1) is 11.3. The zero-order chi connectivity index (χ0) is 16.9. The van der Waals surface area contributed by atoms with E-state index in [1.54, 1.807) is 0 Å². The number of carbonyl (C=O) groups is 1. The van der Waals surface area contributed by atoms with Crippen LogP contribution in [0.4, 0.5) is 13.2 Å². The van der Waals surface area contributed by atoms with Crippen LogP contribution in [0.25, 0.3) is 0 Å². The van der Waals surface area contributed by atoms with Gasteiger partial charge in [-0.25, -0.2) is 0 Å². The molecule has 1 saturated heterocycles. The van der Waals surface area contributed by atoms with Gasteiger partial charge in [0.2, 0.25) is 5.91 Å². The van der Waals surface area contributed by atoms with Crippen LogP contribution in [-0.2, 0) is 4.79 Å². The lowest BCUT2D eigenvalue weighted by Crippen LogP contribution is -2.61. The summed E-state index contributed by atoms with van der Waals surface area (Å²) >= 11 is 0. The number of halogens is 3. The fourth-order valence-corrected chi connectivity index (χ4v) is 6.23. The standard InChI is InChI=1S/C18H27F3N2O/c19-18(20,21)11-23-3-1-15(2-4-23)16(24)22-17-8-12-5-13(9-17)7-14(6-12)10-17/h12-15H,1-11H2,(H,22,24). The molecule has 6 heteroatoms. The molecule has 136 valence electrons. The molecule has 4 aliphatic carbocycles. The molecule has 0 unspecified atom stereocenters. The van der Waals surface area contributed by atoms with Crippen molar-refractivity contribution in [3.63, 3.8) is 0 Å². The van der Waals surface area contributed by atoms with Gasteiger partial charge in [-0.1, -0.05) is 0 Å². The van der Waals surface area contributed by atoms with Crippen LogP contribution < -0.4 is 5.32 Å². The third-order valence-electron chi connectivity index (χ3n) is 6.79. The Balaban J connectivity index is 1.31. The minimum absolute atomic E-state index is 0.00887. The van der Waals surface area contributed by atoms with Crippen molar-refractivity contribution in [3.8, 4) is 0 Å². The van der Waals surface area contributed by atoms with Gasteiger partial charge in [0.05, 0.1) is 6.54 Å². The van der Waals surface area contributed by atoms with Gasteiger partial charge in [-0.15, -0.1) is 0 Å². The fourth-order valence-electron chi connectivity index (χ4n) is 6.23. The lowest BCUT2D eigenvalue weighted by Gasteiger charge is -2.57. The topological polar surface area (TPSA) is 32.3 Å². The largest absolute Gasteiger partial charge is 0.401 e. The molecule has 1 N–H and O–H groups in total. The Morgan fingerprint density at radius 2 is 1.50 bits per heavy atom. The van der Waals surface area contributed by atoms with Gasteiger partial charge in [0.1, 0.15) is 0 Å². The first-order valence-electron chi connectivity index (χ1n) is 9.41. The van der Waals surface area contributed by atoms with Crippen molar-refractivity contribution in [1.29, 1.82) is 0 Å². The van der Waals surface area contributed by atoms with Gasteiger partial charge in [0.25, 0.3) is 0 Å². The summed E-state index contributed by atoms with van der Waals surface area (Å²) in [5, 5.41) is 3.38. The molecule has 1 amide bonds. The molecule has 24 heavy (non-hydrogen) atoms. The average molecular weight is 344 g/mol. The molecule has 0 aromatic rings. The molecule has 5 rings (SSSR count). The Morgan fingerprint density at radius 1 is 1.00 bits per heavy atom. The number of hydrogen-bond acceptors (Lipinski definition) is 2. The Bertz CT molecular complexity index is 462. The van der Waals surface area contributed by atoms with Gasteiger partial charge in [-0.2, -0.15) is 13.2 Å². The lowest BCUT2D eigenvalue weighted by molar-refractivity contribution is -0.150. The van der Waals surface area contributed by atoms with Crippen molar-refractivity contribution >= 4 is 5.91 Å². The van der Waals surface area contributed by atoms with Gasteiger partial charge in [0, 0.05) is 11.5 Å². The molecule has 3 nitrogen and oxygen atoms in total. The predicted molar refractivity (Wildman–Crippen MR) is 84.3 cm³/mol. The molecule has 0 atom stereocenters. The normalized spacial score (nSPS) is 40.0. The summed E-state index contributed by atoms with van der Waals surface area (Å²) in [5.41, 5.74) is 0.00887. The van der Waals surface area contributed by atoms with Gasteiger partial charge in [0.15, 0.2) is 0 Å². The second kappa shape index (κ2) is 5.89. The van der Waals surface area contributed by atoms with E-state index in [4.69, 9.17) is 0 Å². The summed E-state index contributed by atoms with van der Waals surface area (Å²) in [6.07, 6.45) is 4.34. The van der Waals surface area contributed by atoms with E-state index in [-0.39, 0.29) is 17.4 Å². The van der Waals surface area contributed by atoms with Gasteiger partial charge >= 0.3 is 6.18 Å². The zero-order valence-electron chi connectivity index (χ0n) is 14.1. The van der Waals surface area contributed by atoms with E-state index < -0.39 is 12.7 Å². The summed E-state index contributed by atoms with van der Waals surface area (Å²) in [7, 11) is 0. The Labute approximate surface area is 141 Å². The SMILES string of the molecule is O=C(NC12CC3CC(CC(C3)C1)C2)C1CCN(CC(F)(F)F)CC1. The number of nitrogens with one attached hydrogen (secondary N) is 1. The lowest BCUT2D eigenvalue weighted by atomic mass is 9.53. The summed E-state index contributed by atoms with van der Waals surface area (Å²) in [6.45, 7) is -0.104. The van der Waals surface area contributed by atoms with Crippen molar-refractivity contribution in [2.24, 2.45) is 23.7 Å². The number of likely N-dealkylation sites (tertiary alicyclic amines) is 1. The number of alkyl halides is 3. The highest BCUT2D eigenvalue weighted by Gasteiger charge is 2.51. The van der Waals surface area contributed by atoms with Crippen molar-refractivity contribution in [2.75, 3.05) is 19.6 Å². The summed E-state index contributed by atoms with van der Waals surface area (Å²) < 4.78 is 37.4. The minimum atomic E-state index is -4.14. The van der Waals surface area contributed by atoms with Crippen LogP contribution in [0.2, 0.25) is 0 Å². The molecule has 0 spiro atoms. The van der Waals surface area contributed by atoms with E-state index >= 15 is 0 Å². The van der Waals surface area contributed by atoms with Crippen LogP contribution in [0.1, 0.15) is 51.4 Å². The molecular weight excluding hydrogens is 317 g/mol. The fraction of sp³-hybridized carbons (Fsp3) is 0.944. The smallest absolute Gasteiger partial charge is 0.350 e. The number of rotatable bonds is 3. The maximum Gasteiger partial charge on any atom is 0.401 e. The number of hydrogen-bond donors (Lipinski definition) is 1. The maximum atomic E-state index is 12.7. The van der Waals surface area contributed by atoms with Crippen molar-refractivity contribution in [3.05, 3.63) is 0 Å². The third kappa shape index (κ3) is 3.44. The minimum Gasteiger partial charge on any atom is -0.350 e. The number of amides is 1. The Hall–Kier alpha value is -0.780. The Morgan fingerprint density at radius 3 is 1.96 bits per heavy atom. The zero-order valence-corrected chi connectivity index (χ0v) is 14.1. The first kappa shape index (κ1) is 16.7. The molecule has 4 bridgehead atoms. The number of piperidine rings is 1. The van der Waals surface area contributed by atoms with E-state index in [9.17, 15) is 18.0 Å². The van der Waals surface area contributed by atoms with Gasteiger partial charge in [-0.3, -0.25) is 9.69 Å². The molecular formula is C18H27F3N2O. The molecule has 0 aromatic heterocycles. The van der Waals surface area contributed by atoms with Crippen molar-refractivity contribution < 1.29 is 18.0 Å². The number of nitrogens with zero attached hydrogens (tertiary/aromatic N) is 1. The van der Waals surface area contributed by atoms with E-state index in [2.05, 4.69) is 5.32 Å². The van der Waals surface area contributed by atoms with Gasteiger partial charge < -0.3 is 5.32 Å². The Kier molecular flexibility index (Phi) is 4.09. The van der Waals surface area contributed by atoms with Crippen LogP contribution >= 0.6 is 0 Å². The third-order valence-corrected chi connectivity index (χ3v) is 6.79. The van der Waals surface area contributed by atoms with Gasteiger partial charge in [-0.05, 0) is 82.2 Å². The van der Waals surface area contributed by atoms with E-state index in [1.807, 2.05) is 0 Å². The molecule has 4 saturated carbocycles. The van der Waals surface area contributed by atoms with Crippen molar-refractivity contribution in [2.45, 2.75) is 63.1 Å². The molecule has 0 radical (unpaired) electrons. The molecule has 1 aliphatic heterocycles. The van der Waals surface area contributed by atoms with Crippen LogP contribution in [-0.4, -0.2) is 42.2 Å². The highest BCUT2D eigenvalue weighted by Crippen LogP contribution is 2.55. The first-order valence-corrected chi connectivity index (χ1v) is 9.41. The maximum absolute atomic E-state index is 12.7. The second-order valence-electron chi connectivity index (χ2n) is 8.85. The summed E-state index contributed by atoms with van der Waals surface area (Å²) in [5.74, 6) is 2.34. The summed E-state index contributed by atoms with van der Waals surface area (Å²) in [6, 6.07) is 0. The number of carbonyl (C=O) groups excluding carboxylic acids is 1. The van der Waals surface area contributed by atoms with Crippen LogP contribution in [0.3, 0.4) is 0 Å². The predicted octanol–water partition coefficient (Wildman–Crippen LogP) is 3.35. The molecule has 1 heterocycles. The molecule has 5 aliphatic rings. The molecule has 5 fully saturated rings. The second-order valence-corrected chi connectivity index (χ2v) is 8.85. The molecule has 0 aromatic carbocycles. The summed E-state index contributed by atoms with van der Waals surface area (Å²) in [4.78, 5) is 14.1. The van der Waals surface area contributed by atoms with Crippen LogP contribution in [0.15, 0.2) is 0 Å². The highest BCUT2D eigenvalue weighted by molar-refractivity contribution is 5.79. The highest BCUT2D eigenvalue weighted by atomic mass is 19.4. The van der Waals surface area contributed by atoms with Crippen LogP contribution in [0, 0.1) is 23.7 Å². The van der Waals surface area contributed by atoms with E-state index in [0.29, 0.717) is 25.9 Å². The quantitative estimate of drug-likeness (QED) is 0.852. The average Bonchev–Trinajstić information content (AvgIpc) is 2.44. The van der Waals surface area contributed by atoms with Crippen LogP contribution in [0.5, 0.6) is 0 Å². The van der Waals surface area contributed by atoms with E-state index in [1.165, 1.54) is 24.2 Å². The van der Waals surface area contributed by atoms with E-state index in [0.717, 1.165) is 37.0 Å². The van der Waals surface area contributed by atoms with Crippen molar-refractivity contribution in [1.82, 2.24) is 10.2 Å². The monoisotopic (exact) mass is 344 g/mol.